The number of hydrogen-bond acceptors (Lipinski definition) is 3. The van der Waals surface area contributed by atoms with Crippen LogP contribution in [0.4, 0.5) is 0 Å². The summed E-state index contributed by atoms with van der Waals surface area (Å²) in [6.45, 7) is 3.03. The summed E-state index contributed by atoms with van der Waals surface area (Å²) in [4.78, 5) is 16.2. The molecule has 0 unspecified atom stereocenters. The first-order chi connectivity index (χ1) is 8.22. The summed E-state index contributed by atoms with van der Waals surface area (Å²) < 4.78 is 0. The van der Waals surface area contributed by atoms with E-state index in [0.29, 0.717) is 0 Å². The van der Waals surface area contributed by atoms with Crippen LogP contribution in [0.5, 0.6) is 0 Å². The van der Waals surface area contributed by atoms with Crippen LogP contribution in [-0.4, -0.2) is 27.6 Å². The third kappa shape index (κ3) is 12.6. The van der Waals surface area contributed by atoms with Crippen LogP contribution in [0.2, 0.25) is 0 Å². The highest BCUT2D eigenvalue weighted by atomic mass is 16.4. The summed E-state index contributed by atoms with van der Waals surface area (Å²) in [5, 5.41) is 8.05. The van der Waals surface area contributed by atoms with Crippen LogP contribution >= 0.6 is 0 Å². The molecular formula is C12H23N3O2. The smallest absolute Gasteiger partial charge is 0.306 e. The molecule has 0 aromatic carbocycles. The zero-order valence-electron chi connectivity index (χ0n) is 10.4. The average molecular weight is 241 g/mol. The second kappa shape index (κ2) is 11.1. The molecule has 0 aliphatic heterocycles. The number of carboxylic acids is 1. The first-order valence-corrected chi connectivity index (χ1v) is 6.08. The van der Waals surface area contributed by atoms with Gasteiger partial charge >= 0.3 is 5.97 Å². The van der Waals surface area contributed by atoms with Gasteiger partial charge in [-0.15, -0.1) is 0 Å². The number of nitrogens with two attached hydrogens (primary N) is 1. The van der Waals surface area contributed by atoms with Gasteiger partial charge in [-0.1, -0.05) is 19.8 Å². The van der Waals surface area contributed by atoms with Gasteiger partial charge in [0.15, 0.2) is 0 Å². The van der Waals surface area contributed by atoms with Crippen LogP contribution in [0.15, 0.2) is 18.7 Å². The van der Waals surface area contributed by atoms with Crippen LogP contribution in [0.3, 0.4) is 0 Å². The minimum Gasteiger partial charge on any atom is -0.481 e. The molecule has 1 aromatic rings. The molecule has 1 aliphatic rings. The van der Waals surface area contributed by atoms with Crippen molar-refractivity contribution in [2.24, 2.45) is 11.7 Å². The second-order valence-corrected chi connectivity index (χ2v) is 3.87. The van der Waals surface area contributed by atoms with Gasteiger partial charge in [0.1, 0.15) is 0 Å². The van der Waals surface area contributed by atoms with Crippen molar-refractivity contribution in [3.05, 3.63) is 18.7 Å². The molecule has 0 bridgehead atoms. The first-order valence-electron chi connectivity index (χ1n) is 6.08. The Bertz CT molecular complexity index is 238. The lowest BCUT2D eigenvalue weighted by molar-refractivity contribution is -0.138. The van der Waals surface area contributed by atoms with Crippen LogP contribution in [-0.2, 0) is 4.79 Å². The summed E-state index contributed by atoms with van der Waals surface area (Å²) >= 11 is 0. The van der Waals surface area contributed by atoms with E-state index in [9.17, 15) is 4.79 Å². The SMILES string of the molecule is CCCCCN.O=C(O)C1CC1.c1c[nH]cn1. The van der Waals surface area contributed by atoms with Crippen LogP contribution in [0, 0.1) is 5.92 Å². The Morgan fingerprint density at radius 2 is 2.24 bits per heavy atom. The normalized spacial score (nSPS) is 12.8. The highest BCUT2D eigenvalue weighted by Gasteiger charge is 2.28. The van der Waals surface area contributed by atoms with Gasteiger partial charge < -0.3 is 15.8 Å². The van der Waals surface area contributed by atoms with E-state index < -0.39 is 5.97 Å². The predicted octanol–water partition coefficient (Wildman–Crippen LogP) is 2.03. The van der Waals surface area contributed by atoms with Gasteiger partial charge in [-0.2, -0.15) is 0 Å². The van der Waals surface area contributed by atoms with Crippen molar-refractivity contribution in [1.82, 2.24) is 9.97 Å². The predicted molar refractivity (Wildman–Crippen MR) is 67.5 cm³/mol. The highest BCUT2D eigenvalue weighted by molar-refractivity contribution is 5.72. The number of carboxylic acid groups (broad SMARTS) is 1. The van der Waals surface area contributed by atoms with Gasteiger partial charge in [0.05, 0.1) is 12.2 Å². The summed E-state index contributed by atoms with van der Waals surface area (Å²) in [6.07, 6.45) is 10.6. The molecule has 0 atom stereocenters. The van der Waals surface area contributed by atoms with Crippen LogP contribution < -0.4 is 5.73 Å². The van der Waals surface area contributed by atoms with E-state index in [0.717, 1.165) is 19.4 Å². The minimum absolute atomic E-state index is 0.0185. The standard InChI is InChI=1S/C5H13N.C4H6O2.C3H4N2/c1-2-3-4-5-6;5-4(6)3-1-2-3;1-2-5-3-4-1/h2-6H2,1H3;3H,1-2H2,(H,5,6);1-3H,(H,4,5). The molecule has 0 radical (unpaired) electrons. The van der Waals surface area contributed by atoms with Gasteiger partial charge in [0.25, 0.3) is 0 Å². The average Bonchev–Trinajstić information content (AvgIpc) is 3.02. The molecular weight excluding hydrogens is 218 g/mol. The van der Waals surface area contributed by atoms with Crippen molar-refractivity contribution in [2.75, 3.05) is 6.54 Å². The number of nitrogens with zero attached hydrogens (tertiary/aromatic N) is 1. The number of aliphatic carboxylic acids is 1. The van der Waals surface area contributed by atoms with Crippen molar-refractivity contribution in [3.63, 3.8) is 0 Å². The lowest BCUT2D eigenvalue weighted by Gasteiger charge is -1.86. The molecule has 1 aliphatic carbocycles. The first kappa shape index (κ1) is 15.6. The van der Waals surface area contributed by atoms with E-state index in [1.54, 1.807) is 18.7 Å². The van der Waals surface area contributed by atoms with E-state index in [1.807, 2.05) is 0 Å². The Kier molecular flexibility index (Phi) is 10.2. The van der Waals surface area contributed by atoms with E-state index in [4.69, 9.17) is 10.8 Å². The molecule has 1 aromatic heterocycles. The quantitative estimate of drug-likeness (QED) is 0.703. The number of rotatable bonds is 4. The van der Waals surface area contributed by atoms with E-state index in [-0.39, 0.29) is 5.92 Å². The summed E-state index contributed by atoms with van der Waals surface area (Å²) in [7, 11) is 0. The Balaban J connectivity index is 0.000000227. The molecule has 1 heterocycles. The molecule has 98 valence electrons. The van der Waals surface area contributed by atoms with Crippen molar-refractivity contribution in [3.8, 4) is 0 Å². The van der Waals surface area contributed by atoms with Gasteiger partial charge in [-0.3, -0.25) is 4.79 Å². The zero-order chi connectivity index (χ0) is 12.9. The van der Waals surface area contributed by atoms with Gasteiger partial charge in [0, 0.05) is 12.4 Å². The van der Waals surface area contributed by atoms with Gasteiger partial charge in [-0.25, -0.2) is 4.98 Å². The van der Waals surface area contributed by atoms with Crippen LogP contribution in [0.1, 0.15) is 39.0 Å². The fraction of sp³-hybridized carbons (Fsp3) is 0.667. The van der Waals surface area contributed by atoms with E-state index >= 15 is 0 Å². The summed E-state index contributed by atoms with van der Waals surface area (Å²) in [5.41, 5.74) is 5.21. The largest absolute Gasteiger partial charge is 0.481 e. The number of aromatic nitrogens is 2. The molecule has 2 rings (SSSR count). The third-order valence-electron chi connectivity index (χ3n) is 2.14. The molecule has 5 nitrogen and oxygen atoms in total. The monoisotopic (exact) mass is 241 g/mol. The van der Waals surface area contributed by atoms with E-state index in [1.165, 1.54) is 19.3 Å². The molecule has 0 saturated heterocycles. The van der Waals surface area contributed by atoms with Gasteiger partial charge in [-0.05, 0) is 25.8 Å². The van der Waals surface area contributed by atoms with Crippen molar-refractivity contribution in [1.29, 1.82) is 0 Å². The Hall–Kier alpha value is -1.36. The molecule has 4 N–H and O–H groups in total. The fourth-order valence-electron chi connectivity index (χ4n) is 0.940. The van der Waals surface area contributed by atoms with E-state index in [2.05, 4.69) is 16.9 Å². The Morgan fingerprint density at radius 1 is 1.53 bits per heavy atom. The van der Waals surface area contributed by atoms with Crippen molar-refractivity contribution in [2.45, 2.75) is 39.0 Å². The minimum atomic E-state index is -0.630. The number of hydrogen-bond donors (Lipinski definition) is 3. The molecule has 0 spiro atoms. The highest BCUT2D eigenvalue weighted by Crippen LogP contribution is 2.28. The maximum atomic E-state index is 9.76. The maximum absolute atomic E-state index is 9.76. The summed E-state index contributed by atoms with van der Waals surface area (Å²) in [6, 6.07) is 0. The van der Waals surface area contributed by atoms with Gasteiger partial charge in [0.2, 0.25) is 0 Å². The number of carbonyl (C=O) groups is 1. The van der Waals surface area contributed by atoms with Crippen molar-refractivity contribution < 1.29 is 9.90 Å². The topological polar surface area (TPSA) is 92.0 Å². The number of H-pyrrole nitrogens is 1. The molecule has 1 saturated carbocycles. The van der Waals surface area contributed by atoms with Crippen molar-refractivity contribution >= 4 is 5.97 Å². The number of imidazole rings is 1. The maximum Gasteiger partial charge on any atom is 0.306 e. The second-order valence-electron chi connectivity index (χ2n) is 3.87. The molecule has 17 heavy (non-hydrogen) atoms. The van der Waals surface area contributed by atoms with Crippen LogP contribution in [0.25, 0.3) is 0 Å². The molecule has 1 fully saturated rings. The number of aromatic amines is 1. The lowest BCUT2D eigenvalue weighted by Crippen LogP contribution is -1.96. The number of unbranched alkanes of at least 4 members (excludes halogenated alkanes) is 2. The fourth-order valence-corrected chi connectivity index (χ4v) is 0.940. The molecule has 5 heteroatoms. The lowest BCUT2D eigenvalue weighted by atomic mass is 10.3. The third-order valence-corrected chi connectivity index (χ3v) is 2.14. The zero-order valence-corrected chi connectivity index (χ0v) is 10.4. The number of nitrogens with one attached hydrogen (secondary N) is 1. The Labute approximate surface area is 102 Å². The molecule has 0 amide bonds. The Morgan fingerprint density at radius 3 is 2.35 bits per heavy atom. The summed E-state index contributed by atoms with van der Waals surface area (Å²) in [5.74, 6) is -0.611.